The molecule has 3 N–H and O–H groups in total. The fraction of sp³-hybridized carbons (Fsp3) is 0. The van der Waals surface area contributed by atoms with Crippen molar-refractivity contribution in [3.05, 3.63) is 78.7 Å². The number of carbonyl (C=O) groups excluding carboxylic acids is 1. The van der Waals surface area contributed by atoms with Crippen LogP contribution in [0, 0.1) is 0 Å². The van der Waals surface area contributed by atoms with Gasteiger partial charge in [-0.25, -0.2) is 13.6 Å². The van der Waals surface area contributed by atoms with E-state index in [1.165, 1.54) is 24.3 Å². The molecular weight excluding hydrogens is 378 g/mol. The summed E-state index contributed by atoms with van der Waals surface area (Å²) in [4.78, 5) is 16.8. The maximum Gasteiger partial charge on any atom is 0.255 e. The molecule has 0 spiro atoms. The summed E-state index contributed by atoms with van der Waals surface area (Å²) in [7, 11) is -3.77. The van der Waals surface area contributed by atoms with Gasteiger partial charge < -0.3 is 9.73 Å². The van der Waals surface area contributed by atoms with Gasteiger partial charge in [-0.15, -0.1) is 0 Å². The molecule has 0 unspecified atom stereocenters. The lowest BCUT2D eigenvalue weighted by Gasteiger charge is -2.07. The van der Waals surface area contributed by atoms with Gasteiger partial charge in [-0.2, -0.15) is 0 Å². The summed E-state index contributed by atoms with van der Waals surface area (Å²) >= 11 is 0. The summed E-state index contributed by atoms with van der Waals surface area (Å²) in [5, 5.41) is 8.68. The van der Waals surface area contributed by atoms with Crippen molar-refractivity contribution in [2.75, 3.05) is 5.32 Å². The average Bonchev–Trinajstić information content (AvgIpc) is 3.17. The van der Waals surface area contributed by atoms with Crippen molar-refractivity contribution >= 4 is 32.6 Å². The first-order chi connectivity index (χ1) is 13.4. The molecule has 28 heavy (non-hydrogen) atoms. The third-order valence-electron chi connectivity index (χ3n) is 4.24. The first-order valence-electron chi connectivity index (χ1n) is 8.29. The fourth-order valence-corrected chi connectivity index (χ4v) is 3.35. The van der Waals surface area contributed by atoms with Crippen LogP contribution in [0.1, 0.15) is 10.4 Å². The number of rotatable bonds is 4. The molecule has 0 aliphatic rings. The highest BCUT2D eigenvalue weighted by Crippen LogP contribution is 2.27. The fourth-order valence-electron chi connectivity index (χ4n) is 2.84. The van der Waals surface area contributed by atoms with Gasteiger partial charge in [0.15, 0.2) is 0 Å². The van der Waals surface area contributed by atoms with E-state index in [0.717, 1.165) is 22.2 Å². The van der Waals surface area contributed by atoms with Crippen LogP contribution in [0.25, 0.3) is 22.2 Å². The van der Waals surface area contributed by atoms with Crippen LogP contribution in [0.2, 0.25) is 0 Å². The molecule has 2 heterocycles. The largest absolute Gasteiger partial charge is 0.464 e. The average molecular weight is 393 g/mol. The third-order valence-corrected chi connectivity index (χ3v) is 5.17. The normalized spacial score (nSPS) is 11.5. The molecule has 0 radical (unpaired) electrons. The molecule has 0 saturated carbocycles. The predicted octanol–water partition coefficient (Wildman–Crippen LogP) is 3.39. The minimum Gasteiger partial charge on any atom is -0.464 e. The highest BCUT2D eigenvalue weighted by atomic mass is 32.2. The standard InChI is InChI=1S/C20H15N3O4S/c21-28(25,26)16-7-5-15(6-8-16)23-20(24)14-3-1-13(2-4-14)19-17-10-12-27-18(17)9-11-22-19/h1-12H,(H,23,24)(H2,21,25,26). The van der Waals surface area contributed by atoms with Gasteiger partial charge in [-0.3, -0.25) is 9.78 Å². The van der Waals surface area contributed by atoms with Gasteiger partial charge in [0, 0.05) is 28.4 Å². The van der Waals surface area contributed by atoms with E-state index in [0.29, 0.717) is 11.3 Å². The number of anilines is 1. The summed E-state index contributed by atoms with van der Waals surface area (Å²) in [6.45, 7) is 0. The Balaban J connectivity index is 1.54. The maximum absolute atomic E-state index is 12.4. The van der Waals surface area contributed by atoms with Crippen LogP contribution < -0.4 is 10.5 Å². The van der Waals surface area contributed by atoms with Crippen LogP contribution in [0.15, 0.2) is 82.4 Å². The maximum atomic E-state index is 12.4. The van der Waals surface area contributed by atoms with E-state index in [2.05, 4.69) is 10.3 Å². The number of pyridine rings is 1. The summed E-state index contributed by atoms with van der Waals surface area (Å²) < 4.78 is 27.9. The molecule has 7 nitrogen and oxygen atoms in total. The van der Waals surface area contributed by atoms with E-state index < -0.39 is 10.0 Å². The third kappa shape index (κ3) is 3.51. The van der Waals surface area contributed by atoms with Crippen LogP contribution in [0.3, 0.4) is 0 Å². The SMILES string of the molecule is NS(=O)(=O)c1ccc(NC(=O)c2ccc(-c3nccc4occc34)cc2)cc1. The number of sulfonamides is 1. The Morgan fingerprint density at radius 3 is 2.36 bits per heavy atom. The number of benzene rings is 2. The van der Waals surface area contributed by atoms with Crippen LogP contribution >= 0.6 is 0 Å². The van der Waals surface area contributed by atoms with Gasteiger partial charge in [0.2, 0.25) is 10.0 Å². The molecule has 4 rings (SSSR count). The number of furan rings is 1. The molecule has 8 heteroatoms. The zero-order valence-electron chi connectivity index (χ0n) is 14.5. The topological polar surface area (TPSA) is 115 Å². The Morgan fingerprint density at radius 2 is 1.68 bits per heavy atom. The first-order valence-corrected chi connectivity index (χ1v) is 9.83. The van der Waals surface area contributed by atoms with Gasteiger partial charge in [-0.05, 0) is 48.5 Å². The molecule has 0 aliphatic carbocycles. The lowest BCUT2D eigenvalue weighted by atomic mass is 10.1. The van der Waals surface area contributed by atoms with Crippen molar-refractivity contribution in [2.45, 2.75) is 4.90 Å². The molecular formula is C20H15N3O4S. The number of carbonyl (C=O) groups is 1. The van der Waals surface area contributed by atoms with Crippen molar-refractivity contribution in [1.29, 1.82) is 0 Å². The monoisotopic (exact) mass is 393 g/mol. The number of nitrogens with one attached hydrogen (secondary N) is 1. The van der Waals surface area contributed by atoms with E-state index in [1.54, 1.807) is 30.7 Å². The quantitative estimate of drug-likeness (QED) is 0.551. The van der Waals surface area contributed by atoms with Crippen molar-refractivity contribution in [1.82, 2.24) is 4.98 Å². The number of nitrogens with two attached hydrogens (primary N) is 1. The molecule has 0 aliphatic heterocycles. The van der Waals surface area contributed by atoms with E-state index in [-0.39, 0.29) is 10.8 Å². The lowest BCUT2D eigenvalue weighted by molar-refractivity contribution is 0.102. The zero-order valence-corrected chi connectivity index (χ0v) is 15.3. The molecule has 0 atom stereocenters. The summed E-state index contributed by atoms with van der Waals surface area (Å²) in [6.07, 6.45) is 3.28. The van der Waals surface area contributed by atoms with E-state index >= 15 is 0 Å². The second kappa shape index (κ2) is 6.91. The Bertz CT molecular complexity index is 1260. The molecule has 140 valence electrons. The number of hydrogen-bond donors (Lipinski definition) is 2. The van der Waals surface area contributed by atoms with Crippen molar-refractivity contribution in [3.8, 4) is 11.3 Å². The molecule has 2 aromatic carbocycles. The summed E-state index contributed by atoms with van der Waals surface area (Å²) in [5.41, 5.74) is 3.30. The van der Waals surface area contributed by atoms with Gasteiger partial charge in [-0.1, -0.05) is 12.1 Å². The summed E-state index contributed by atoms with van der Waals surface area (Å²) in [6, 6.07) is 16.3. The number of primary sulfonamides is 1. The Labute approximate surface area is 160 Å². The van der Waals surface area contributed by atoms with E-state index in [9.17, 15) is 13.2 Å². The second-order valence-corrected chi connectivity index (χ2v) is 7.65. The number of fused-ring (bicyclic) bond motifs is 1. The Hall–Kier alpha value is -3.49. The Morgan fingerprint density at radius 1 is 0.964 bits per heavy atom. The van der Waals surface area contributed by atoms with Crippen LogP contribution in [-0.4, -0.2) is 19.3 Å². The molecule has 4 aromatic rings. The van der Waals surface area contributed by atoms with Gasteiger partial charge in [0.05, 0.1) is 16.9 Å². The van der Waals surface area contributed by atoms with Crippen LogP contribution in [-0.2, 0) is 10.0 Å². The highest BCUT2D eigenvalue weighted by molar-refractivity contribution is 7.89. The molecule has 1 amide bonds. The number of nitrogens with zero attached hydrogens (tertiary/aromatic N) is 1. The first kappa shape index (κ1) is 17.9. The van der Waals surface area contributed by atoms with Gasteiger partial charge in [0.1, 0.15) is 5.58 Å². The van der Waals surface area contributed by atoms with Crippen LogP contribution in [0.4, 0.5) is 5.69 Å². The smallest absolute Gasteiger partial charge is 0.255 e. The second-order valence-electron chi connectivity index (χ2n) is 6.09. The number of hydrogen-bond acceptors (Lipinski definition) is 5. The number of amides is 1. The van der Waals surface area contributed by atoms with Gasteiger partial charge in [0.25, 0.3) is 5.91 Å². The van der Waals surface area contributed by atoms with Gasteiger partial charge >= 0.3 is 0 Å². The van der Waals surface area contributed by atoms with E-state index in [4.69, 9.17) is 9.56 Å². The lowest BCUT2D eigenvalue weighted by Crippen LogP contribution is -2.13. The molecule has 0 bridgehead atoms. The molecule has 0 saturated heterocycles. The van der Waals surface area contributed by atoms with E-state index in [1.807, 2.05) is 18.2 Å². The highest BCUT2D eigenvalue weighted by Gasteiger charge is 2.11. The predicted molar refractivity (Wildman–Crippen MR) is 105 cm³/mol. The minimum absolute atomic E-state index is 0.0178. The minimum atomic E-state index is -3.77. The number of aromatic nitrogens is 1. The zero-order chi connectivity index (χ0) is 19.7. The summed E-state index contributed by atoms with van der Waals surface area (Å²) in [5.74, 6) is -0.315. The Kier molecular flexibility index (Phi) is 4.42. The van der Waals surface area contributed by atoms with Crippen LogP contribution in [0.5, 0.6) is 0 Å². The van der Waals surface area contributed by atoms with Crippen molar-refractivity contribution < 1.29 is 17.6 Å². The van der Waals surface area contributed by atoms with Crippen molar-refractivity contribution in [3.63, 3.8) is 0 Å². The molecule has 0 fully saturated rings. The van der Waals surface area contributed by atoms with Crippen molar-refractivity contribution in [2.24, 2.45) is 5.14 Å². The molecule has 2 aromatic heterocycles.